The molecule has 1 aliphatic carbocycles. The third-order valence-electron chi connectivity index (χ3n) is 5.22. The molecule has 0 bridgehead atoms. The highest BCUT2D eigenvalue weighted by molar-refractivity contribution is 6.35. The van der Waals surface area contributed by atoms with E-state index >= 15 is 0 Å². The summed E-state index contributed by atoms with van der Waals surface area (Å²) in [5, 5.41) is 10.1. The summed E-state index contributed by atoms with van der Waals surface area (Å²) in [5.41, 5.74) is 10.9. The SMILES string of the molecule is Nc1nc(N)c(Cl)c(N[C@H](c2nc3c(F)ccc(Cl)c3c(=O)n2-c2cc[nH]n2)C2CC2)n1. The van der Waals surface area contributed by atoms with Crippen LogP contribution >= 0.6 is 23.2 Å². The van der Waals surface area contributed by atoms with E-state index in [1.807, 2.05) is 0 Å². The van der Waals surface area contributed by atoms with Crippen LogP contribution in [0.3, 0.4) is 0 Å². The zero-order chi connectivity index (χ0) is 22.6. The van der Waals surface area contributed by atoms with Crippen molar-refractivity contribution in [3.63, 3.8) is 0 Å². The van der Waals surface area contributed by atoms with Gasteiger partial charge in [-0.2, -0.15) is 15.1 Å². The number of nitrogens with one attached hydrogen (secondary N) is 2. The molecule has 3 heterocycles. The van der Waals surface area contributed by atoms with Crippen LogP contribution in [0.25, 0.3) is 16.7 Å². The lowest BCUT2D eigenvalue weighted by molar-refractivity contribution is 0.597. The predicted molar refractivity (Wildman–Crippen MR) is 119 cm³/mol. The Labute approximate surface area is 189 Å². The van der Waals surface area contributed by atoms with Gasteiger partial charge in [0.05, 0.1) is 16.5 Å². The second-order valence-corrected chi connectivity index (χ2v) is 8.17. The lowest BCUT2D eigenvalue weighted by atomic mass is 10.1. The van der Waals surface area contributed by atoms with E-state index in [0.717, 1.165) is 12.8 Å². The van der Waals surface area contributed by atoms with Crippen molar-refractivity contribution in [2.24, 2.45) is 5.92 Å². The van der Waals surface area contributed by atoms with E-state index in [1.54, 1.807) is 12.3 Å². The zero-order valence-corrected chi connectivity index (χ0v) is 17.8. The third kappa shape index (κ3) is 3.39. The Kier molecular flexibility index (Phi) is 4.86. The number of nitrogens with zero attached hydrogens (tertiary/aromatic N) is 5. The van der Waals surface area contributed by atoms with Gasteiger partial charge in [0, 0.05) is 12.3 Å². The fourth-order valence-corrected chi connectivity index (χ4v) is 3.96. The van der Waals surface area contributed by atoms with E-state index in [-0.39, 0.29) is 56.1 Å². The van der Waals surface area contributed by atoms with E-state index in [1.165, 1.54) is 16.7 Å². The number of aromatic amines is 1. The van der Waals surface area contributed by atoms with Gasteiger partial charge >= 0.3 is 0 Å². The summed E-state index contributed by atoms with van der Waals surface area (Å²) in [4.78, 5) is 26.0. The minimum absolute atomic E-state index is 0.00482. The van der Waals surface area contributed by atoms with Crippen molar-refractivity contribution in [1.29, 1.82) is 0 Å². The molecule has 0 radical (unpaired) electrons. The van der Waals surface area contributed by atoms with Gasteiger partial charge in [-0.3, -0.25) is 9.89 Å². The second kappa shape index (κ2) is 7.61. The number of hydrogen-bond acceptors (Lipinski definition) is 8. The maximum Gasteiger partial charge on any atom is 0.268 e. The number of hydrogen-bond donors (Lipinski definition) is 4. The van der Waals surface area contributed by atoms with Crippen molar-refractivity contribution in [3.05, 3.63) is 56.4 Å². The van der Waals surface area contributed by atoms with Gasteiger partial charge in [-0.05, 0) is 30.9 Å². The van der Waals surface area contributed by atoms with E-state index in [9.17, 15) is 9.18 Å². The quantitative estimate of drug-likeness (QED) is 0.343. The van der Waals surface area contributed by atoms with Crippen molar-refractivity contribution in [2.75, 3.05) is 16.8 Å². The summed E-state index contributed by atoms with van der Waals surface area (Å²) in [5.74, 6) is 0.0246. The molecule has 5 rings (SSSR count). The van der Waals surface area contributed by atoms with Crippen LogP contribution in [0, 0.1) is 11.7 Å². The molecular formula is C19H16Cl2FN9O. The van der Waals surface area contributed by atoms with Gasteiger partial charge in [-0.15, -0.1) is 0 Å². The Morgan fingerprint density at radius 3 is 2.66 bits per heavy atom. The third-order valence-corrected chi connectivity index (χ3v) is 5.91. The van der Waals surface area contributed by atoms with Gasteiger partial charge in [-0.1, -0.05) is 23.2 Å². The molecule has 1 atom stereocenters. The van der Waals surface area contributed by atoms with Crippen molar-refractivity contribution >= 4 is 51.7 Å². The second-order valence-electron chi connectivity index (χ2n) is 7.38. The summed E-state index contributed by atoms with van der Waals surface area (Å²) in [6.07, 6.45) is 3.25. The maximum atomic E-state index is 14.7. The Morgan fingerprint density at radius 1 is 1.19 bits per heavy atom. The fraction of sp³-hybridized carbons (Fsp3) is 0.211. The lowest BCUT2D eigenvalue weighted by Gasteiger charge is -2.23. The van der Waals surface area contributed by atoms with Gasteiger partial charge in [-0.25, -0.2) is 13.9 Å². The molecule has 3 aromatic heterocycles. The number of halogens is 3. The molecule has 10 nitrogen and oxygen atoms in total. The highest BCUT2D eigenvalue weighted by Crippen LogP contribution is 2.44. The smallest absolute Gasteiger partial charge is 0.268 e. The van der Waals surface area contributed by atoms with Gasteiger partial charge in [0.1, 0.15) is 28.0 Å². The number of anilines is 3. The van der Waals surface area contributed by atoms with Gasteiger partial charge in [0.15, 0.2) is 11.6 Å². The van der Waals surface area contributed by atoms with Crippen LogP contribution in [-0.2, 0) is 0 Å². The van der Waals surface area contributed by atoms with Crippen molar-refractivity contribution in [2.45, 2.75) is 18.9 Å². The van der Waals surface area contributed by atoms with E-state index < -0.39 is 17.4 Å². The van der Waals surface area contributed by atoms with Gasteiger partial charge in [0.2, 0.25) is 5.95 Å². The van der Waals surface area contributed by atoms with Crippen LogP contribution in [0.15, 0.2) is 29.2 Å². The Bertz CT molecular complexity index is 1400. The first-order chi connectivity index (χ1) is 15.3. The fourth-order valence-electron chi connectivity index (χ4n) is 3.59. The number of rotatable bonds is 5. The molecule has 0 unspecified atom stereocenters. The molecule has 1 aromatic carbocycles. The number of nitrogens with two attached hydrogens (primary N) is 2. The molecular weight excluding hydrogens is 460 g/mol. The van der Waals surface area contributed by atoms with Crippen molar-refractivity contribution in [3.8, 4) is 5.82 Å². The van der Waals surface area contributed by atoms with Gasteiger partial charge < -0.3 is 16.8 Å². The predicted octanol–water partition coefficient (Wildman–Crippen LogP) is 3.07. The highest BCUT2D eigenvalue weighted by atomic mass is 35.5. The summed E-state index contributed by atoms with van der Waals surface area (Å²) in [6.45, 7) is 0. The van der Waals surface area contributed by atoms with Crippen molar-refractivity contribution in [1.82, 2.24) is 29.7 Å². The standard InChI is InChI=1S/C19H16Cl2FN9O/c20-8-3-4-9(22)14-11(8)18(32)31(10-5-6-25-30-10)17(27-14)13(7-1-2-7)26-16-12(21)15(23)28-19(24)29-16/h3-7,13H,1-2H2,(H,25,30)(H5,23,24,26,28,29)/t13-/m0/s1. The van der Waals surface area contributed by atoms with E-state index in [4.69, 9.17) is 34.7 Å². The topological polar surface area (TPSA) is 153 Å². The summed E-state index contributed by atoms with van der Waals surface area (Å²) in [7, 11) is 0. The maximum absolute atomic E-state index is 14.7. The Morgan fingerprint density at radius 2 is 1.97 bits per heavy atom. The number of H-pyrrole nitrogens is 1. The monoisotopic (exact) mass is 475 g/mol. The van der Waals surface area contributed by atoms with Gasteiger partial charge in [0.25, 0.3) is 5.56 Å². The average Bonchev–Trinajstić information content (AvgIpc) is 3.45. The molecule has 1 aliphatic rings. The largest absolute Gasteiger partial charge is 0.382 e. The zero-order valence-electron chi connectivity index (χ0n) is 16.3. The number of benzene rings is 1. The molecule has 13 heteroatoms. The molecule has 0 aliphatic heterocycles. The molecule has 0 saturated heterocycles. The Hall–Kier alpha value is -3.44. The molecule has 0 spiro atoms. The average molecular weight is 476 g/mol. The molecule has 164 valence electrons. The van der Waals surface area contributed by atoms with E-state index in [2.05, 4.69) is 30.5 Å². The van der Waals surface area contributed by atoms with Crippen LogP contribution in [0.2, 0.25) is 10.0 Å². The molecule has 0 amide bonds. The summed E-state index contributed by atoms with van der Waals surface area (Å²) in [6, 6.07) is 3.51. The van der Waals surface area contributed by atoms with Crippen LogP contribution < -0.4 is 22.3 Å². The lowest BCUT2D eigenvalue weighted by Crippen LogP contribution is -2.30. The number of nitrogen functional groups attached to an aromatic ring is 2. The number of aromatic nitrogens is 6. The summed E-state index contributed by atoms with van der Waals surface area (Å²) >= 11 is 12.5. The van der Waals surface area contributed by atoms with Crippen LogP contribution in [0.4, 0.5) is 22.0 Å². The van der Waals surface area contributed by atoms with E-state index in [0.29, 0.717) is 0 Å². The highest BCUT2D eigenvalue weighted by Gasteiger charge is 2.37. The molecule has 4 aromatic rings. The van der Waals surface area contributed by atoms with Crippen molar-refractivity contribution < 1.29 is 4.39 Å². The first-order valence-electron chi connectivity index (χ1n) is 9.61. The van der Waals surface area contributed by atoms with Crippen LogP contribution in [0.1, 0.15) is 24.7 Å². The molecule has 1 fully saturated rings. The normalized spacial score (nSPS) is 14.6. The minimum atomic E-state index is -0.667. The molecule has 32 heavy (non-hydrogen) atoms. The summed E-state index contributed by atoms with van der Waals surface area (Å²) < 4.78 is 16.0. The minimum Gasteiger partial charge on any atom is -0.382 e. The van der Waals surface area contributed by atoms with Crippen LogP contribution in [0.5, 0.6) is 0 Å². The molecule has 1 saturated carbocycles. The van der Waals surface area contributed by atoms with Crippen LogP contribution in [-0.4, -0.2) is 29.7 Å². The number of fused-ring (bicyclic) bond motifs is 1. The first kappa shape index (κ1) is 20.5. The first-order valence-corrected chi connectivity index (χ1v) is 10.4. The molecule has 6 N–H and O–H groups in total. The Balaban J connectivity index is 1.77.